The zero-order valence-corrected chi connectivity index (χ0v) is 12.6. The fourth-order valence-electron chi connectivity index (χ4n) is 1.35. The maximum Gasteiger partial charge on any atom is 0.459 e. The predicted octanol–water partition coefficient (Wildman–Crippen LogP) is 4.79. The number of alkyl halides is 5. The van der Waals surface area contributed by atoms with Gasteiger partial charge in [0.15, 0.2) is 0 Å². The summed E-state index contributed by atoms with van der Waals surface area (Å²) in [5.41, 5.74) is -1.53. The van der Waals surface area contributed by atoms with E-state index in [-0.39, 0.29) is 20.5 Å². The summed E-state index contributed by atoms with van der Waals surface area (Å²) in [5, 5.41) is 3.00. The smallest absolute Gasteiger partial charge is 0.233 e. The summed E-state index contributed by atoms with van der Waals surface area (Å²) in [5.74, 6) is -5.10. The van der Waals surface area contributed by atoms with E-state index in [0.29, 0.717) is 6.07 Å². The maximum atomic E-state index is 13.3. The van der Waals surface area contributed by atoms with Gasteiger partial charge in [-0.15, -0.1) is 0 Å². The molecular weight excluding hydrogens is 408 g/mol. The lowest BCUT2D eigenvalue weighted by Crippen LogP contribution is -2.34. The minimum atomic E-state index is -5.77. The Morgan fingerprint density at radius 2 is 1.76 bits per heavy atom. The lowest BCUT2D eigenvalue weighted by molar-refractivity contribution is -0.291. The Balaban J connectivity index is 2.57. The molecule has 11 heteroatoms. The van der Waals surface area contributed by atoms with Gasteiger partial charge in [0.05, 0.1) is 10.7 Å². The fourth-order valence-corrected chi connectivity index (χ4v) is 2.16. The molecule has 1 radical (unpaired) electrons. The molecule has 0 spiro atoms. The van der Waals surface area contributed by atoms with Gasteiger partial charge in [-0.3, -0.25) is 0 Å². The molecule has 2 aromatic rings. The maximum absolute atomic E-state index is 13.3. The van der Waals surface area contributed by atoms with Gasteiger partial charge in [0.2, 0.25) is 0 Å². The number of rotatable bonds is 2. The van der Waals surface area contributed by atoms with Crippen molar-refractivity contribution in [2.75, 3.05) is 0 Å². The Morgan fingerprint density at radius 3 is 2.33 bits per heavy atom. The van der Waals surface area contributed by atoms with E-state index in [1.807, 2.05) is 0 Å². The van der Waals surface area contributed by atoms with Crippen LogP contribution in [0.3, 0.4) is 0 Å². The highest BCUT2D eigenvalue weighted by molar-refractivity contribution is 9.10. The minimum Gasteiger partial charge on any atom is -0.233 e. The van der Waals surface area contributed by atoms with Crippen LogP contribution in [0.1, 0.15) is 5.69 Å². The molecule has 0 aliphatic rings. The second-order valence-corrected chi connectivity index (χ2v) is 5.30. The Morgan fingerprint density at radius 1 is 1.14 bits per heavy atom. The van der Waals surface area contributed by atoms with Crippen LogP contribution < -0.4 is 0 Å². The van der Waals surface area contributed by atoms with Crippen LogP contribution in [0.15, 0.2) is 16.7 Å². The van der Waals surface area contributed by atoms with E-state index in [2.05, 4.69) is 32.2 Å². The monoisotopic (exact) mass is 408 g/mol. The molecule has 0 atom stereocenters. The van der Waals surface area contributed by atoms with Crippen molar-refractivity contribution in [3.05, 3.63) is 38.8 Å². The van der Waals surface area contributed by atoms with Gasteiger partial charge >= 0.3 is 12.1 Å². The molecule has 0 amide bonds. The van der Waals surface area contributed by atoms with E-state index >= 15 is 0 Å². The molecule has 0 aromatic carbocycles. The minimum absolute atomic E-state index is 0.0484. The van der Waals surface area contributed by atoms with E-state index in [1.165, 1.54) is 0 Å². The summed E-state index contributed by atoms with van der Waals surface area (Å²) < 4.78 is 64.1. The molecule has 21 heavy (non-hydrogen) atoms. The average molecular weight is 410 g/mol. The lowest BCUT2D eigenvalue weighted by atomic mass is 10.2. The predicted molar refractivity (Wildman–Crippen MR) is 67.9 cm³/mol. The largest absolute Gasteiger partial charge is 0.459 e. The standard InChI is InChI=1S/C10H2BrCl2F5N3/c11-7-2-6(9(14,15)10(16,17)18)20-21(7)5-1-8(13)19-3-4(5)12/h1-2H. The first-order chi connectivity index (χ1) is 9.54. The number of pyridine rings is 1. The number of hydrogen-bond donors (Lipinski definition) is 0. The van der Waals surface area contributed by atoms with Crippen LogP contribution >= 0.6 is 39.1 Å². The third-order valence-electron chi connectivity index (χ3n) is 2.31. The van der Waals surface area contributed by atoms with Crippen LogP contribution in [0.4, 0.5) is 22.0 Å². The number of aromatic nitrogens is 3. The normalized spacial score (nSPS) is 12.8. The Bertz CT molecular complexity index is 686. The molecule has 2 heterocycles. The van der Waals surface area contributed by atoms with Crippen LogP contribution in [-0.2, 0) is 5.92 Å². The fraction of sp³-hybridized carbons (Fsp3) is 0.200. The van der Waals surface area contributed by atoms with Gasteiger partial charge in [0, 0.05) is 12.1 Å². The SMILES string of the molecule is FC(F)(F)C(F)(F)c1cc(Br)n(-c2cc(Cl)n[c]c2Cl)n1. The van der Waals surface area contributed by atoms with E-state index in [0.717, 1.165) is 10.7 Å². The molecule has 0 aliphatic carbocycles. The van der Waals surface area contributed by atoms with Gasteiger partial charge in [-0.1, -0.05) is 23.2 Å². The first-order valence-corrected chi connectivity index (χ1v) is 6.53. The molecule has 2 aromatic heterocycles. The number of hydrogen-bond acceptors (Lipinski definition) is 2. The van der Waals surface area contributed by atoms with E-state index < -0.39 is 17.8 Å². The Labute approximate surface area is 132 Å². The van der Waals surface area contributed by atoms with Crippen molar-refractivity contribution < 1.29 is 22.0 Å². The molecule has 0 bridgehead atoms. The van der Waals surface area contributed by atoms with Crippen molar-refractivity contribution in [3.8, 4) is 5.69 Å². The van der Waals surface area contributed by atoms with Gasteiger partial charge in [-0.2, -0.15) is 27.1 Å². The molecule has 2 rings (SSSR count). The third-order valence-corrected chi connectivity index (χ3v) is 3.35. The summed E-state index contributed by atoms with van der Waals surface area (Å²) in [6.07, 6.45) is -3.50. The molecule has 0 saturated heterocycles. The Hall–Kier alpha value is -0.930. The van der Waals surface area contributed by atoms with Gasteiger partial charge < -0.3 is 0 Å². The molecule has 0 N–H and O–H groups in total. The summed E-state index contributed by atoms with van der Waals surface area (Å²) in [6.45, 7) is 0. The number of nitrogens with zero attached hydrogens (tertiary/aromatic N) is 3. The second-order valence-electron chi connectivity index (χ2n) is 3.73. The highest BCUT2D eigenvalue weighted by Crippen LogP contribution is 2.44. The van der Waals surface area contributed by atoms with Gasteiger partial charge in [-0.05, 0) is 15.9 Å². The average Bonchev–Trinajstić information content (AvgIpc) is 2.73. The van der Waals surface area contributed by atoms with E-state index in [9.17, 15) is 22.0 Å². The zero-order chi connectivity index (χ0) is 16.0. The first-order valence-electron chi connectivity index (χ1n) is 4.98. The topological polar surface area (TPSA) is 30.7 Å². The molecular formula is C10H2BrCl2F5N3. The van der Waals surface area contributed by atoms with Crippen molar-refractivity contribution >= 4 is 39.1 Å². The third kappa shape index (κ3) is 3.00. The van der Waals surface area contributed by atoms with Gasteiger partial charge in [-0.25, -0.2) is 9.67 Å². The van der Waals surface area contributed by atoms with Crippen LogP contribution in [0.5, 0.6) is 0 Å². The zero-order valence-electron chi connectivity index (χ0n) is 9.52. The molecule has 3 nitrogen and oxygen atoms in total. The van der Waals surface area contributed by atoms with E-state index in [1.54, 1.807) is 0 Å². The quantitative estimate of drug-likeness (QED) is 0.527. The van der Waals surface area contributed by atoms with Crippen molar-refractivity contribution in [1.29, 1.82) is 0 Å². The van der Waals surface area contributed by atoms with Crippen LogP contribution in [-0.4, -0.2) is 20.9 Å². The summed E-state index contributed by atoms with van der Waals surface area (Å²) in [6, 6.07) is 1.69. The van der Waals surface area contributed by atoms with Crippen LogP contribution in [0.2, 0.25) is 10.2 Å². The second kappa shape index (κ2) is 5.36. The van der Waals surface area contributed by atoms with Crippen molar-refractivity contribution in [1.82, 2.24) is 14.8 Å². The van der Waals surface area contributed by atoms with Gasteiger partial charge in [0.25, 0.3) is 0 Å². The van der Waals surface area contributed by atoms with Gasteiger partial charge in [0.1, 0.15) is 21.6 Å². The molecule has 0 unspecified atom stereocenters. The van der Waals surface area contributed by atoms with Crippen LogP contribution in [0, 0.1) is 6.20 Å². The number of halogens is 8. The van der Waals surface area contributed by atoms with Crippen molar-refractivity contribution in [2.24, 2.45) is 0 Å². The van der Waals surface area contributed by atoms with Crippen molar-refractivity contribution in [3.63, 3.8) is 0 Å². The lowest BCUT2D eigenvalue weighted by Gasteiger charge is -2.16. The molecule has 0 aliphatic heterocycles. The molecule has 0 fully saturated rings. The van der Waals surface area contributed by atoms with Crippen LogP contribution in [0.25, 0.3) is 5.69 Å². The van der Waals surface area contributed by atoms with E-state index in [4.69, 9.17) is 23.2 Å². The molecule has 0 saturated carbocycles. The highest BCUT2D eigenvalue weighted by atomic mass is 79.9. The van der Waals surface area contributed by atoms with Crippen molar-refractivity contribution in [2.45, 2.75) is 12.1 Å². The summed E-state index contributed by atoms with van der Waals surface area (Å²) >= 11 is 14.2. The Kier molecular flexibility index (Phi) is 4.20. The molecule has 113 valence electrons. The summed E-state index contributed by atoms with van der Waals surface area (Å²) in [4.78, 5) is 3.51. The highest BCUT2D eigenvalue weighted by Gasteiger charge is 2.60. The summed E-state index contributed by atoms with van der Waals surface area (Å²) in [7, 11) is 0. The first kappa shape index (κ1) is 16.4.